The average Bonchev–Trinajstić information content (AvgIpc) is 2.58. The van der Waals surface area contributed by atoms with Crippen molar-refractivity contribution in [2.24, 2.45) is 0 Å². The maximum absolute atomic E-state index is 12.7. The Morgan fingerprint density at radius 3 is 2.46 bits per heavy atom. The van der Waals surface area contributed by atoms with Crippen molar-refractivity contribution in [3.8, 4) is 0 Å². The summed E-state index contributed by atoms with van der Waals surface area (Å²) >= 11 is 0. The molecular formula is C21H21NO2. The Balaban J connectivity index is 2.10. The second-order valence-corrected chi connectivity index (χ2v) is 6.09. The van der Waals surface area contributed by atoms with Gasteiger partial charge in [0.25, 0.3) is 0 Å². The van der Waals surface area contributed by atoms with E-state index >= 15 is 0 Å². The van der Waals surface area contributed by atoms with Gasteiger partial charge in [-0.25, -0.2) is 4.79 Å². The molecule has 0 aliphatic carbocycles. The molecule has 0 bridgehead atoms. The van der Waals surface area contributed by atoms with Crippen LogP contribution in [0.2, 0.25) is 0 Å². The summed E-state index contributed by atoms with van der Waals surface area (Å²) in [6, 6.07) is 16.3. The highest BCUT2D eigenvalue weighted by Gasteiger charge is 2.16. The maximum Gasteiger partial charge on any atom is 0.339 e. The first-order chi connectivity index (χ1) is 11.6. The third-order valence-corrected chi connectivity index (χ3v) is 4.11. The molecule has 3 aromatic rings. The number of hydrogen-bond donors (Lipinski definition) is 0. The minimum Gasteiger partial charge on any atom is -0.461 e. The molecule has 0 fully saturated rings. The summed E-state index contributed by atoms with van der Waals surface area (Å²) in [6.07, 6.45) is 1.71. The minimum absolute atomic E-state index is 0.298. The van der Waals surface area contributed by atoms with E-state index < -0.39 is 0 Å². The van der Waals surface area contributed by atoms with Gasteiger partial charge < -0.3 is 9.64 Å². The van der Waals surface area contributed by atoms with Crippen LogP contribution in [0.1, 0.15) is 15.9 Å². The predicted molar refractivity (Wildman–Crippen MR) is 100 cm³/mol. The lowest BCUT2D eigenvalue weighted by atomic mass is 9.96. The number of carbonyl (C=O) groups excluding carboxylic acids is 1. The standard InChI is InChI=1S/C21H21NO2/c1-4-15-9-10-18-13-16-7-5-6-8-17(16)14-19(18)20(15)21(23)24-12-11-22(2)3/h4-10,13-14H,1,11-12H2,2-3H3. The lowest BCUT2D eigenvalue weighted by Crippen LogP contribution is -2.20. The summed E-state index contributed by atoms with van der Waals surface area (Å²) in [5, 5.41) is 4.19. The highest BCUT2D eigenvalue weighted by molar-refractivity contribution is 6.11. The number of hydrogen-bond acceptors (Lipinski definition) is 3. The number of benzene rings is 3. The number of ether oxygens (including phenoxy) is 1. The van der Waals surface area contributed by atoms with Gasteiger partial charge in [-0.1, -0.05) is 49.1 Å². The van der Waals surface area contributed by atoms with E-state index in [0.29, 0.717) is 18.7 Å². The molecule has 0 unspecified atom stereocenters. The van der Waals surface area contributed by atoms with Crippen molar-refractivity contribution in [2.45, 2.75) is 0 Å². The van der Waals surface area contributed by atoms with Crippen LogP contribution in [0.3, 0.4) is 0 Å². The van der Waals surface area contributed by atoms with E-state index in [1.807, 2.05) is 43.3 Å². The van der Waals surface area contributed by atoms with Crippen molar-refractivity contribution < 1.29 is 9.53 Å². The summed E-state index contributed by atoms with van der Waals surface area (Å²) < 4.78 is 5.47. The topological polar surface area (TPSA) is 29.5 Å². The molecule has 24 heavy (non-hydrogen) atoms. The first-order valence-electron chi connectivity index (χ1n) is 8.00. The predicted octanol–water partition coefficient (Wildman–Crippen LogP) is 4.35. The van der Waals surface area contributed by atoms with Crippen LogP contribution in [0.15, 0.2) is 55.1 Å². The summed E-state index contributed by atoms with van der Waals surface area (Å²) in [7, 11) is 3.90. The highest BCUT2D eigenvalue weighted by Crippen LogP contribution is 2.29. The summed E-state index contributed by atoms with van der Waals surface area (Å²) in [5.74, 6) is -0.298. The molecule has 0 aliphatic rings. The number of carbonyl (C=O) groups is 1. The van der Waals surface area contributed by atoms with Gasteiger partial charge in [-0.15, -0.1) is 0 Å². The number of rotatable bonds is 5. The van der Waals surface area contributed by atoms with Crippen LogP contribution in [0.5, 0.6) is 0 Å². The number of likely N-dealkylation sites (N-methyl/N-ethyl adjacent to an activating group) is 1. The first-order valence-corrected chi connectivity index (χ1v) is 8.00. The number of fused-ring (bicyclic) bond motifs is 2. The number of nitrogens with zero attached hydrogens (tertiary/aromatic N) is 1. The zero-order valence-electron chi connectivity index (χ0n) is 14.1. The molecule has 0 spiro atoms. The molecule has 3 aromatic carbocycles. The van der Waals surface area contributed by atoms with Gasteiger partial charge in [0.1, 0.15) is 6.61 Å². The van der Waals surface area contributed by atoms with Gasteiger partial charge in [0.2, 0.25) is 0 Å². The van der Waals surface area contributed by atoms with Gasteiger partial charge in [-0.3, -0.25) is 0 Å². The molecule has 0 N–H and O–H groups in total. The zero-order chi connectivity index (χ0) is 17.1. The SMILES string of the molecule is C=Cc1ccc2cc3ccccc3cc2c1C(=O)OCCN(C)C. The first kappa shape index (κ1) is 16.2. The smallest absolute Gasteiger partial charge is 0.339 e. The summed E-state index contributed by atoms with van der Waals surface area (Å²) in [6.45, 7) is 4.90. The molecular weight excluding hydrogens is 298 g/mol. The molecule has 0 atom stereocenters. The largest absolute Gasteiger partial charge is 0.461 e. The van der Waals surface area contributed by atoms with Crippen molar-refractivity contribution in [1.82, 2.24) is 4.90 Å². The van der Waals surface area contributed by atoms with Crippen LogP contribution >= 0.6 is 0 Å². The Kier molecular flexibility index (Phi) is 4.63. The Morgan fingerprint density at radius 2 is 1.79 bits per heavy atom. The second kappa shape index (κ2) is 6.85. The van der Waals surface area contributed by atoms with E-state index in [9.17, 15) is 4.79 Å². The van der Waals surface area contributed by atoms with E-state index in [1.165, 1.54) is 0 Å². The fourth-order valence-electron chi connectivity index (χ4n) is 2.82. The van der Waals surface area contributed by atoms with Crippen molar-refractivity contribution >= 4 is 33.6 Å². The van der Waals surface area contributed by atoms with Gasteiger partial charge in [-0.05, 0) is 53.3 Å². The monoisotopic (exact) mass is 319 g/mol. The molecule has 0 saturated carbocycles. The number of esters is 1. The lowest BCUT2D eigenvalue weighted by molar-refractivity contribution is 0.0484. The van der Waals surface area contributed by atoms with Gasteiger partial charge in [-0.2, -0.15) is 0 Å². The van der Waals surface area contributed by atoms with Crippen LogP contribution in [-0.2, 0) is 4.74 Å². The lowest BCUT2D eigenvalue weighted by Gasteiger charge is -2.13. The van der Waals surface area contributed by atoms with Crippen LogP contribution < -0.4 is 0 Å². The van der Waals surface area contributed by atoms with Gasteiger partial charge in [0.05, 0.1) is 5.56 Å². The van der Waals surface area contributed by atoms with Crippen LogP contribution in [-0.4, -0.2) is 38.1 Å². The van der Waals surface area contributed by atoms with Crippen LogP contribution in [0, 0.1) is 0 Å². The Bertz CT molecular complexity index is 912. The fraction of sp³-hybridized carbons (Fsp3) is 0.190. The van der Waals surface area contributed by atoms with E-state index in [4.69, 9.17) is 4.74 Å². The molecule has 3 nitrogen and oxygen atoms in total. The van der Waals surface area contributed by atoms with Crippen molar-refractivity contribution in [1.29, 1.82) is 0 Å². The maximum atomic E-state index is 12.7. The van der Waals surface area contributed by atoms with Crippen LogP contribution in [0.25, 0.3) is 27.6 Å². The molecule has 122 valence electrons. The molecule has 0 amide bonds. The van der Waals surface area contributed by atoms with E-state index in [1.54, 1.807) is 6.08 Å². The summed E-state index contributed by atoms with van der Waals surface area (Å²) in [4.78, 5) is 14.7. The van der Waals surface area contributed by atoms with Gasteiger partial charge in [0, 0.05) is 6.54 Å². The Morgan fingerprint density at radius 1 is 1.08 bits per heavy atom. The minimum atomic E-state index is -0.298. The molecule has 3 rings (SSSR count). The third kappa shape index (κ3) is 3.17. The molecule has 3 heteroatoms. The van der Waals surface area contributed by atoms with E-state index in [0.717, 1.165) is 27.1 Å². The van der Waals surface area contributed by atoms with Crippen molar-refractivity contribution in [2.75, 3.05) is 27.2 Å². The van der Waals surface area contributed by atoms with E-state index in [2.05, 4.69) is 30.8 Å². The Hall–Kier alpha value is -2.65. The van der Waals surface area contributed by atoms with E-state index in [-0.39, 0.29) is 5.97 Å². The normalized spacial score (nSPS) is 11.1. The summed E-state index contributed by atoms with van der Waals surface area (Å²) in [5.41, 5.74) is 1.39. The molecule has 0 aliphatic heterocycles. The third-order valence-electron chi connectivity index (χ3n) is 4.11. The molecule has 0 aromatic heterocycles. The average molecular weight is 319 g/mol. The molecule has 0 saturated heterocycles. The highest BCUT2D eigenvalue weighted by atomic mass is 16.5. The second-order valence-electron chi connectivity index (χ2n) is 6.09. The fourth-order valence-corrected chi connectivity index (χ4v) is 2.82. The molecule has 0 radical (unpaired) electrons. The quantitative estimate of drug-likeness (QED) is 0.517. The zero-order valence-corrected chi connectivity index (χ0v) is 14.1. The van der Waals surface area contributed by atoms with Gasteiger partial charge >= 0.3 is 5.97 Å². The Labute approximate surface area is 142 Å². The molecule has 0 heterocycles. The van der Waals surface area contributed by atoms with Crippen molar-refractivity contribution in [3.05, 3.63) is 66.2 Å². The van der Waals surface area contributed by atoms with Crippen LogP contribution in [0.4, 0.5) is 0 Å². The van der Waals surface area contributed by atoms with Crippen molar-refractivity contribution in [3.63, 3.8) is 0 Å². The van der Waals surface area contributed by atoms with Gasteiger partial charge in [0.15, 0.2) is 0 Å².